The van der Waals surface area contributed by atoms with E-state index in [1.165, 1.54) is 0 Å². The number of nitrogens with zero attached hydrogens (tertiary/aromatic N) is 4. The molecule has 5 nitrogen and oxygen atoms in total. The molecular weight excluding hydrogens is 188 g/mol. The Bertz CT molecular complexity index is 370. The first-order chi connectivity index (χ1) is 6.42. The van der Waals surface area contributed by atoms with E-state index in [9.17, 15) is 0 Å². The first-order valence-electron chi connectivity index (χ1n) is 3.69. The van der Waals surface area contributed by atoms with Crippen LogP contribution in [-0.2, 0) is 11.5 Å². The Kier molecular flexibility index (Phi) is 2.33. The molecule has 0 radical (unpaired) electrons. The minimum atomic E-state index is 0.373. The summed E-state index contributed by atoms with van der Waals surface area (Å²) >= 11 is 1.61. The first-order valence-corrected chi connectivity index (χ1v) is 4.64. The normalized spacial score (nSPS) is 10.5. The van der Waals surface area contributed by atoms with Crippen molar-refractivity contribution >= 4 is 11.3 Å². The number of rotatable bonds is 3. The summed E-state index contributed by atoms with van der Waals surface area (Å²) < 4.78 is 6.56. The Morgan fingerprint density at radius 1 is 1.62 bits per heavy atom. The van der Waals surface area contributed by atoms with Gasteiger partial charge in [-0.05, 0) is 21.9 Å². The molecule has 0 saturated carbocycles. The lowest BCUT2D eigenvalue weighted by Gasteiger charge is -1.99. The van der Waals surface area contributed by atoms with Crippen molar-refractivity contribution in [1.82, 2.24) is 20.2 Å². The van der Waals surface area contributed by atoms with Gasteiger partial charge in [0.2, 0.25) is 0 Å². The van der Waals surface area contributed by atoms with Crippen LogP contribution < -0.4 is 0 Å². The average molecular weight is 196 g/mol. The summed E-state index contributed by atoms with van der Waals surface area (Å²) in [7, 11) is 1.61. The van der Waals surface area contributed by atoms with Gasteiger partial charge < -0.3 is 4.74 Å². The van der Waals surface area contributed by atoms with Crippen molar-refractivity contribution in [2.24, 2.45) is 0 Å². The van der Waals surface area contributed by atoms with Gasteiger partial charge in [0.05, 0.1) is 0 Å². The summed E-state index contributed by atoms with van der Waals surface area (Å²) in [5.74, 6) is 0.739. The molecule has 0 saturated heterocycles. The molecule has 0 spiro atoms. The molecule has 13 heavy (non-hydrogen) atoms. The second-order valence-electron chi connectivity index (χ2n) is 2.43. The van der Waals surface area contributed by atoms with E-state index in [2.05, 4.69) is 15.5 Å². The first kappa shape index (κ1) is 8.33. The third-order valence-corrected chi connectivity index (χ3v) is 2.25. The van der Waals surface area contributed by atoms with Gasteiger partial charge in [0, 0.05) is 18.1 Å². The standard InChI is InChI=1S/C7H8N4OS/c1-12-5-11-7(8-9-10-11)6-2-3-13-4-6/h2-4H,5H2,1H3. The van der Waals surface area contributed by atoms with Crippen LogP contribution in [0.4, 0.5) is 0 Å². The number of hydrogen-bond donors (Lipinski definition) is 0. The van der Waals surface area contributed by atoms with Crippen molar-refractivity contribution in [3.8, 4) is 11.4 Å². The average Bonchev–Trinajstić information content (AvgIpc) is 2.71. The van der Waals surface area contributed by atoms with Gasteiger partial charge in [-0.2, -0.15) is 16.0 Å². The molecule has 0 atom stereocenters. The molecule has 68 valence electrons. The molecule has 0 aliphatic rings. The molecule has 0 aliphatic carbocycles. The van der Waals surface area contributed by atoms with Crippen LogP contribution in [0.3, 0.4) is 0 Å². The quantitative estimate of drug-likeness (QED) is 0.735. The summed E-state index contributed by atoms with van der Waals surface area (Å²) in [6.45, 7) is 0.373. The van der Waals surface area contributed by atoms with Crippen LogP contribution in [-0.4, -0.2) is 27.3 Å². The lowest BCUT2D eigenvalue weighted by molar-refractivity contribution is 0.120. The zero-order valence-electron chi connectivity index (χ0n) is 7.04. The predicted molar refractivity (Wildman–Crippen MR) is 48.1 cm³/mol. The fraction of sp³-hybridized carbons (Fsp3) is 0.286. The van der Waals surface area contributed by atoms with Gasteiger partial charge in [-0.25, -0.2) is 0 Å². The van der Waals surface area contributed by atoms with E-state index in [-0.39, 0.29) is 0 Å². The van der Waals surface area contributed by atoms with E-state index in [0.29, 0.717) is 6.73 Å². The zero-order valence-corrected chi connectivity index (χ0v) is 7.86. The third-order valence-electron chi connectivity index (χ3n) is 1.56. The van der Waals surface area contributed by atoms with Crippen LogP contribution in [0.15, 0.2) is 16.8 Å². The van der Waals surface area contributed by atoms with Crippen molar-refractivity contribution in [2.75, 3.05) is 7.11 Å². The Morgan fingerprint density at radius 3 is 3.23 bits per heavy atom. The fourth-order valence-electron chi connectivity index (χ4n) is 1.01. The number of hydrogen-bond acceptors (Lipinski definition) is 5. The molecule has 2 rings (SSSR count). The van der Waals surface area contributed by atoms with Crippen LogP contribution in [0.5, 0.6) is 0 Å². The van der Waals surface area contributed by atoms with Crippen molar-refractivity contribution in [3.63, 3.8) is 0 Å². The molecule has 2 heterocycles. The molecule has 2 aromatic heterocycles. The van der Waals surface area contributed by atoms with Crippen molar-refractivity contribution in [3.05, 3.63) is 16.8 Å². The molecule has 0 amide bonds. The number of tetrazole rings is 1. The minimum absolute atomic E-state index is 0.373. The lowest BCUT2D eigenvalue weighted by atomic mass is 10.3. The summed E-state index contributed by atoms with van der Waals surface area (Å²) in [6, 6.07) is 1.97. The highest BCUT2D eigenvalue weighted by atomic mass is 32.1. The van der Waals surface area contributed by atoms with Gasteiger partial charge in [0.1, 0.15) is 6.73 Å². The molecule has 0 aromatic carbocycles. The molecule has 2 aromatic rings. The molecule has 0 unspecified atom stereocenters. The highest BCUT2D eigenvalue weighted by molar-refractivity contribution is 7.08. The maximum absolute atomic E-state index is 4.95. The molecule has 0 bridgehead atoms. The van der Waals surface area contributed by atoms with Crippen molar-refractivity contribution in [2.45, 2.75) is 6.73 Å². The number of methoxy groups -OCH3 is 1. The number of ether oxygens (including phenoxy) is 1. The van der Waals surface area contributed by atoms with E-state index in [1.54, 1.807) is 23.1 Å². The van der Waals surface area contributed by atoms with Gasteiger partial charge >= 0.3 is 0 Å². The van der Waals surface area contributed by atoms with Crippen molar-refractivity contribution < 1.29 is 4.74 Å². The highest BCUT2D eigenvalue weighted by Gasteiger charge is 2.07. The molecule has 0 fully saturated rings. The van der Waals surface area contributed by atoms with Gasteiger partial charge in [0.15, 0.2) is 5.82 Å². The Labute approximate surface area is 79.0 Å². The molecule has 6 heteroatoms. The van der Waals surface area contributed by atoms with Crippen LogP contribution in [0, 0.1) is 0 Å². The Hall–Kier alpha value is -1.27. The van der Waals surface area contributed by atoms with Crippen LogP contribution in [0.1, 0.15) is 0 Å². The van der Waals surface area contributed by atoms with Crippen molar-refractivity contribution in [1.29, 1.82) is 0 Å². The zero-order chi connectivity index (χ0) is 9.10. The summed E-state index contributed by atoms with van der Waals surface area (Å²) in [5.41, 5.74) is 1.02. The summed E-state index contributed by atoms with van der Waals surface area (Å²) in [4.78, 5) is 0. The Balaban J connectivity index is 2.35. The number of aromatic nitrogens is 4. The predicted octanol–water partition coefficient (Wildman–Crippen LogP) is 1.01. The largest absolute Gasteiger partial charge is 0.362 e. The molecule has 0 N–H and O–H groups in total. The van der Waals surface area contributed by atoms with E-state index in [4.69, 9.17) is 4.74 Å². The minimum Gasteiger partial charge on any atom is -0.362 e. The van der Waals surface area contributed by atoms with Gasteiger partial charge in [-0.15, -0.1) is 5.10 Å². The van der Waals surface area contributed by atoms with Crippen LogP contribution in [0.2, 0.25) is 0 Å². The van der Waals surface area contributed by atoms with E-state index >= 15 is 0 Å². The van der Waals surface area contributed by atoms with Crippen LogP contribution >= 0.6 is 11.3 Å². The summed E-state index contributed by atoms with van der Waals surface area (Å²) in [6.07, 6.45) is 0. The van der Waals surface area contributed by atoms with Crippen LogP contribution in [0.25, 0.3) is 11.4 Å². The maximum atomic E-state index is 4.95. The maximum Gasteiger partial charge on any atom is 0.185 e. The topological polar surface area (TPSA) is 52.8 Å². The molecule has 0 aliphatic heterocycles. The summed E-state index contributed by atoms with van der Waals surface area (Å²) in [5, 5.41) is 15.3. The van der Waals surface area contributed by atoms with E-state index in [1.807, 2.05) is 16.8 Å². The third kappa shape index (κ3) is 1.58. The van der Waals surface area contributed by atoms with Gasteiger partial charge in [-0.3, -0.25) is 0 Å². The second-order valence-corrected chi connectivity index (χ2v) is 3.21. The van der Waals surface area contributed by atoms with Gasteiger partial charge in [0.25, 0.3) is 0 Å². The SMILES string of the molecule is COCn1nnnc1-c1ccsc1. The van der Waals surface area contributed by atoms with Gasteiger partial charge in [-0.1, -0.05) is 0 Å². The monoisotopic (exact) mass is 196 g/mol. The Morgan fingerprint density at radius 2 is 2.54 bits per heavy atom. The smallest absolute Gasteiger partial charge is 0.185 e. The highest BCUT2D eigenvalue weighted by Crippen LogP contribution is 2.18. The number of thiophene rings is 1. The molecular formula is C7H8N4OS. The van der Waals surface area contributed by atoms with E-state index < -0.39 is 0 Å². The fourth-order valence-corrected chi connectivity index (χ4v) is 1.65. The lowest BCUT2D eigenvalue weighted by Crippen LogP contribution is -2.03. The van der Waals surface area contributed by atoms with E-state index in [0.717, 1.165) is 11.4 Å². The second kappa shape index (κ2) is 3.63.